The predicted molar refractivity (Wildman–Crippen MR) is 35.6 cm³/mol. The molecular formula is C6H10N2. The Morgan fingerprint density at radius 1 is 1.75 bits per heavy atom. The summed E-state index contributed by atoms with van der Waals surface area (Å²) in [5.41, 5.74) is 0. The van der Waals surface area contributed by atoms with Crippen LogP contribution in [-0.2, 0) is 0 Å². The van der Waals surface area contributed by atoms with E-state index in [2.05, 4.69) is 16.9 Å². The van der Waals surface area contributed by atoms with Gasteiger partial charge in [-0.3, -0.25) is 4.99 Å². The molecule has 0 N–H and O–H groups in total. The molecular weight excluding hydrogens is 100 g/mol. The lowest BCUT2D eigenvalue weighted by Crippen LogP contribution is -2.08. The molecule has 44 valence electrons. The summed E-state index contributed by atoms with van der Waals surface area (Å²) in [4.78, 5) is 8.17. The summed E-state index contributed by atoms with van der Waals surface area (Å²) >= 11 is 0. The quantitative estimate of drug-likeness (QED) is 0.446. The van der Waals surface area contributed by atoms with Crippen LogP contribution in [0.5, 0.6) is 0 Å². The zero-order chi connectivity index (χ0) is 5.98. The van der Waals surface area contributed by atoms with E-state index >= 15 is 0 Å². The molecule has 0 aromatic heterocycles. The molecule has 0 saturated carbocycles. The molecule has 0 aliphatic carbocycles. The molecule has 0 aromatic carbocycles. The van der Waals surface area contributed by atoms with Crippen molar-refractivity contribution in [3.05, 3.63) is 0 Å². The molecule has 0 saturated heterocycles. The fraction of sp³-hybridized carbons (Fsp3) is 0.667. The van der Waals surface area contributed by atoms with Crippen LogP contribution < -0.4 is 0 Å². The van der Waals surface area contributed by atoms with Gasteiger partial charge in [0.2, 0.25) is 0 Å². The van der Waals surface area contributed by atoms with Gasteiger partial charge in [-0.15, -0.1) is 0 Å². The second-order valence-corrected chi connectivity index (χ2v) is 2.14. The van der Waals surface area contributed by atoms with Crippen molar-refractivity contribution < 1.29 is 0 Å². The Labute approximate surface area is 49.3 Å². The molecule has 8 heavy (non-hydrogen) atoms. The van der Waals surface area contributed by atoms with Gasteiger partial charge >= 0.3 is 0 Å². The zero-order valence-corrected chi connectivity index (χ0v) is 5.26. The molecule has 1 atom stereocenters. The molecule has 0 spiro atoms. The van der Waals surface area contributed by atoms with Crippen LogP contribution in [0, 0.1) is 5.92 Å². The third-order valence-electron chi connectivity index (χ3n) is 1.12. The largest absolute Gasteiger partial charge is 0.270 e. The van der Waals surface area contributed by atoms with E-state index in [1.165, 1.54) is 0 Å². The maximum Gasteiger partial charge on any atom is 0.119 e. The van der Waals surface area contributed by atoms with E-state index in [9.17, 15) is 0 Å². The van der Waals surface area contributed by atoms with Crippen molar-refractivity contribution in [3.63, 3.8) is 0 Å². The number of hydrogen-bond donors (Lipinski definition) is 0. The summed E-state index contributed by atoms with van der Waals surface area (Å²) in [6.07, 6.45) is 1.95. The molecule has 1 heterocycles. The van der Waals surface area contributed by atoms with Crippen molar-refractivity contribution in [2.45, 2.75) is 13.8 Å². The summed E-state index contributed by atoms with van der Waals surface area (Å²) in [5.74, 6) is 1.45. The highest BCUT2D eigenvalue weighted by atomic mass is 14.9. The molecule has 0 radical (unpaired) electrons. The van der Waals surface area contributed by atoms with Crippen molar-refractivity contribution in [3.8, 4) is 0 Å². The maximum atomic E-state index is 4.13. The Morgan fingerprint density at radius 3 is 2.88 bits per heavy atom. The van der Waals surface area contributed by atoms with Gasteiger partial charge in [0.15, 0.2) is 0 Å². The van der Waals surface area contributed by atoms with Gasteiger partial charge in [-0.1, -0.05) is 6.92 Å². The van der Waals surface area contributed by atoms with Crippen LogP contribution in [-0.4, -0.2) is 18.6 Å². The van der Waals surface area contributed by atoms with Crippen molar-refractivity contribution in [1.82, 2.24) is 0 Å². The topological polar surface area (TPSA) is 24.7 Å². The van der Waals surface area contributed by atoms with E-state index in [-0.39, 0.29) is 0 Å². The molecule has 1 rings (SSSR count). The summed E-state index contributed by atoms with van der Waals surface area (Å²) in [6, 6.07) is 0. The Hall–Kier alpha value is -0.660. The average Bonchev–Trinajstić information content (AvgIpc) is 1.77. The van der Waals surface area contributed by atoms with E-state index in [0.717, 1.165) is 12.4 Å². The van der Waals surface area contributed by atoms with Gasteiger partial charge in [-0.2, -0.15) is 0 Å². The fourth-order valence-corrected chi connectivity index (χ4v) is 0.599. The van der Waals surface area contributed by atoms with Gasteiger partial charge in [0.1, 0.15) is 5.84 Å². The van der Waals surface area contributed by atoms with Gasteiger partial charge in [-0.05, 0) is 6.92 Å². The van der Waals surface area contributed by atoms with Gasteiger partial charge < -0.3 is 0 Å². The number of nitrogens with zero attached hydrogens (tertiary/aromatic N) is 2. The van der Waals surface area contributed by atoms with E-state index < -0.39 is 0 Å². The van der Waals surface area contributed by atoms with Crippen LogP contribution in [0.25, 0.3) is 0 Å². The van der Waals surface area contributed by atoms with Crippen molar-refractivity contribution in [2.75, 3.05) is 6.54 Å². The second kappa shape index (κ2) is 2.07. The maximum absolute atomic E-state index is 4.13. The average molecular weight is 110 g/mol. The molecule has 0 bridgehead atoms. The molecule has 2 heteroatoms. The highest BCUT2D eigenvalue weighted by Crippen LogP contribution is 1.97. The lowest BCUT2D eigenvalue weighted by Gasteiger charge is -2.05. The molecule has 2 nitrogen and oxygen atoms in total. The van der Waals surface area contributed by atoms with Crippen LogP contribution in [0.15, 0.2) is 9.98 Å². The molecule has 1 aliphatic rings. The number of rotatable bonds is 0. The smallest absolute Gasteiger partial charge is 0.119 e. The summed E-state index contributed by atoms with van der Waals surface area (Å²) in [5, 5.41) is 0. The Kier molecular flexibility index (Phi) is 1.42. The Bertz CT molecular complexity index is 135. The van der Waals surface area contributed by atoms with E-state index in [4.69, 9.17) is 0 Å². The molecule has 1 aliphatic heterocycles. The fourth-order valence-electron chi connectivity index (χ4n) is 0.599. The van der Waals surface area contributed by atoms with E-state index in [0.29, 0.717) is 5.92 Å². The van der Waals surface area contributed by atoms with Gasteiger partial charge in [0.25, 0.3) is 0 Å². The molecule has 1 unspecified atom stereocenters. The summed E-state index contributed by atoms with van der Waals surface area (Å²) < 4.78 is 0. The minimum Gasteiger partial charge on any atom is -0.270 e. The van der Waals surface area contributed by atoms with Crippen LogP contribution in [0.3, 0.4) is 0 Å². The third kappa shape index (κ3) is 1.15. The van der Waals surface area contributed by atoms with Crippen molar-refractivity contribution in [1.29, 1.82) is 0 Å². The van der Waals surface area contributed by atoms with E-state index in [1.807, 2.05) is 13.1 Å². The first-order chi connectivity index (χ1) is 3.79. The number of hydrogen-bond acceptors (Lipinski definition) is 2. The van der Waals surface area contributed by atoms with Crippen LogP contribution >= 0.6 is 0 Å². The van der Waals surface area contributed by atoms with Gasteiger partial charge in [0.05, 0.1) is 0 Å². The lowest BCUT2D eigenvalue weighted by molar-refractivity contribution is 0.787. The Morgan fingerprint density at radius 2 is 2.50 bits per heavy atom. The monoisotopic (exact) mass is 110 g/mol. The number of aliphatic imine (C=N–C) groups is 2. The highest BCUT2D eigenvalue weighted by molar-refractivity contribution is 5.89. The van der Waals surface area contributed by atoms with Crippen molar-refractivity contribution >= 4 is 12.1 Å². The zero-order valence-electron chi connectivity index (χ0n) is 5.26. The first-order valence-electron chi connectivity index (χ1n) is 2.84. The predicted octanol–water partition coefficient (Wildman–Crippen LogP) is 1.13. The lowest BCUT2D eigenvalue weighted by atomic mass is 10.2. The Balaban J connectivity index is 2.58. The molecule has 0 fully saturated rings. The molecule has 0 amide bonds. The standard InChI is InChI=1S/C6H10N2/c1-5-3-7-6(2)8-4-5/h3,5H,4H2,1-2H3. The van der Waals surface area contributed by atoms with Crippen LogP contribution in [0.1, 0.15) is 13.8 Å². The first kappa shape index (κ1) is 5.48. The SMILES string of the molecule is CC1=NCC(C)C=N1. The third-order valence-corrected chi connectivity index (χ3v) is 1.12. The molecule has 0 aromatic rings. The number of amidine groups is 1. The normalized spacial score (nSPS) is 27.8. The second-order valence-electron chi connectivity index (χ2n) is 2.14. The summed E-state index contributed by atoms with van der Waals surface area (Å²) in [7, 11) is 0. The van der Waals surface area contributed by atoms with Gasteiger partial charge in [0, 0.05) is 18.7 Å². The minimum atomic E-state index is 0.540. The van der Waals surface area contributed by atoms with Crippen LogP contribution in [0.2, 0.25) is 0 Å². The van der Waals surface area contributed by atoms with Crippen LogP contribution in [0.4, 0.5) is 0 Å². The summed E-state index contributed by atoms with van der Waals surface area (Å²) in [6.45, 7) is 4.94. The van der Waals surface area contributed by atoms with Gasteiger partial charge in [-0.25, -0.2) is 4.99 Å². The van der Waals surface area contributed by atoms with E-state index in [1.54, 1.807) is 0 Å². The highest BCUT2D eigenvalue weighted by Gasteiger charge is 2.00. The minimum absolute atomic E-state index is 0.540. The van der Waals surface area contributed by atoms with Crippen molar-refractivity contribution in [2.24, 2.45) is 15.9 Å². The first-order valence-corrected chi connectivity index (χ1v) is 2.84.